The minimum atomic E-state index is -1.07. The number of carbonyl (C=O) groups is 1. The number of nitrogens with zero attached hydrogens (tertiary/aromatic N) is 4. The van der Waals surface area contributed by atoms with Crippen molar-refractivity contribution in [1.29, 1.82) is 0 Å². The minimum absolute atomic E-state index is 0.0548. The number of aromatic nitrogens is 3. The number of aromatic carboxylic acids is 1. The van der Waals surface area contributed by atoms with E-state index in [2.05, 4.69) is 15.0 Å². The van der Waals surface area contributed by atoms with Gasteiger partial charge in [-0.25, -0.2) is 19.7 Å². The Morgan fingerprint density at radius 2 is 2.11 bits per heavy atom. The van der Waals surface area contributed by atoms with Crippen LogP contribution in [0.25, 0.3) is 0 Å². The van der Waals surface area contributed by atoms with Crippen molar-refractivity contribution in [3.63, 3.8) is 0 Å². The first-order valence-corrected chi connectivity index (χ1v) is 6.05. The molecule has 0 bridgehead atoms. The minimum Gasteiger partial charge on any atom is -0.476 e. The molecule has 6 nitrogen and oxygen atoms in total. The van der Waals surface area contributed by atoms with Crippen molar-refractivity contribution in [3.05, 3.63) is 34.2 Å². The van der Waals surface area contributed by atoms with Gasteiger partial charge in [0.2, 0.25) is 0 Å². The summed E-state index contributed by atoms with van der Waals surface area (Å²) in [5.41, 5.74) is -0.0548. The molecular formula is C11H12N4O2S. The van der Waals surface area contributed by atoms with Gasteiger partial charge in [0.1, 0.15) is 5.82 Å². The molecule has 0 radical (unpaired) electrons. The molecule has 0 aliphatic rings. The predicted molar refractivity (Wildman–Crippen MR) is 67.9 cm³/mol. The highest BCUT2D eigenvalue weighted by Crippen LogP contribution is 2.16. The van der Waals surface area contributed by atoms with Crippen molar-refractivity contribution in [2.45, 2.75) is 13.5 Å². The zero-order valence-electron chi connectivity index (χ0n) is 9.99. The Morgan fingerprint density at radius 1 is 1.33 bits per heavy atom. The lowest BCUT2D eigenvalue weighted by Gasteiger charge is -2.16. The van der Waals surface area contributed by atoms with E-state index in [1.807, 2.05) is 25.1 Å². The fourth-order valence-electron chi connectivity index (χ4n) is 1.42. The molecule has 2 aromatic heterocycles. The summed E-state index contributed by atoms with van der Waals surface area (Å²) in [6, 6.07) is 0. The van der Waals surface area contributed by atoms with Crippen molar-refractivity contribution >= 4 is 23.1 Å². The highest BCUT2D eigenvalue weighted by atomic mass is 32.1. The van der Waals surface area contributed by atoms with E-state index < -0.39 is 5.97 Å². The highest BCUT2D eigenvalue weighted by molar-refractivity contribution is 7.11. The largest absolute Gasteiger partial charge is 0.476 e. The van der Waals surface area contributed by atoms with Crippen LogP contribution in [-0.4, -0.2) is 33.1 Å². The molecule has 18 heavy (non-hydrogen) atoms. The summed E-state index contributed by atoms with van der Waals surface area (Å²) < 4.78 is 0. The maximum Gasteiger partial charge on any atom is 0.356 e. The van der Waals surface area contributed by atoms with E-state index in [1.54, 1.807) is 11.3 Å². The molecule has 0 spiro atoms. The van der Waals surface area contributed by atoms with Crippen molar-refractivity contribution in [2.75, 3.05) is 11.9 Å². The van der Waals surface area contributed by atoms with E-state index in [-0.39, 0.29) is 5.69 Å². The third-order valence-electron chi connectivity index (χ3n) is 2.31. The second-order valence-electron chi connectivity index (χ2n) is 3.77. The van der Waals surface area contributed by atoms with Gasteiger partial charge in [0.15, 0.2) is 5.69 Å². The molecule has 1 N–H and O–H groups in total. The van der Waals surface area contributed by atoms with Gasteiger partial charge < -0.3 is 10.0 Å². The predicted octanol–water partition coefficient (Wildman–Crippen LogP) is 1.58. The van der Waals surface area contributed by atoms with Gasteiger partial charge in [0, 0.05) is 18.1 Å². The van der Waals surface area contributed by atoms with Crippen LogP contribution in [0.3, 0.4) is 0 Å². The van der Waals surface area contributed by atoms with Crippen LogP contribution >= 0.6 is 11.3 Å². The van der Waals surface area contributed by atoms with Gasteiger partial charge >= 0.3 is 5.97 Å². The first-order valence-electron chi connectivity index (χ1n) is 5.24. The lowest BCUT2D eigenvalue weighted by molar-refractivity contribution is 0.0690. The summed E-state index contributed by atoms with van der Waals surface area (Å²) in [6.45, 7) is 2.63. The lowest BCUT2D eigenvalue weighted by Crippen LogP contribution is -2.17. The van der Waals surface area contributed by atoms with Gasteiger partial charge in [0.25, 0.3) is 0 Å². The number of aryl methyl sites for hydroxylation is 1. The molecule has 94 valence electrons. The van der Waals surface area contributed by atoms with Gasteiger partial charge in [-0.15, -0.1) is 11.3 Å². The standard InChI is InChI=1S/C11H12N4O2S/c1-7-12-3-8(18-7)6-15(2)10-5-13-9(4-14-10)11(16)17/h3-5H,6H2,1-2H3,(H,16,17). The van der Waals surface area contributed by atoms with Crippen LogP contribution < -0.4 is 4.90 Å². The van der Waals surface area contributed by atoms with Crippen molar-refractivity contribution < 1.29 is 9.90 Å². The summed E-state index contributed by atoms with van der Waals surface area (Å²) in [7, 11) is 1.87. The van der Waals surface area contributed by atoms with E-state index in [1.165, 1.54) is 12.4 Å². The van der Waals surface area contributed by atoms with E-state index in [0.29, 0.717) is 12.4 Å². The second kappa shape index (κ2) is 5.09. The molecule has 2 aromatic rings. The zero-order chi connectivity index (χ0) is 13.1. The summed E-state index contributed by atoms with van der Waals surface area (Å²) in [6.07, 6.45) is 4.54. The number of hydrogen-bond donors (Lipinski definition) is 1. The van der Waals surface area contributed by atoms with Crippen molar-refractivity contribution in [1.82, 2.24) is 15.0 Å². The molecule has 2 heterocycles. The number of carboxylic acids is 1. The maximum absolute atomic E-state index is 10.7. The molecule has 0 atom stereocenters. The van der Waals surface area contributed by atoms with Gasteiger partial charge in [-0.3, -0.25) is 0 Å². The van der Waals surface area contributed by atoms with Crippen LogP contribution in [0, 0.1) is 6.92 Å². The molecule has 0 aliphatic carbocycles. The van der Waals surface area contributed by atoms with Gasteiger partial charge in [-0.1, -0.05) is 0 Å². The van der Waals surface area contributed by atoms with Crippen LogP contribution in [0.4, 0.5) is 5.82 Å². The fourth-order valence-corrected chi connectivity index (χ4v) is 2.27. The average molecular weight is 264 g/mol. The first-order chi connectivity index (χ1) is 8.56. The summed E-state index contributed by atoms with van der Waals surface area (Å²) in [5, 5.41) is 9.75. The van der Waals surface area contributed by atoms with Gasteiger partial charge in [0.05, 0.1) is 23.9 Å². The third-order valence-corrected chi connectivity index (χ3v) is 3.21. The Kier molecular flexibility index (Phi) is 3.52. The molecule has 0 amide bonds. The van der Waals surface area contributed by atoms with E-state index in [4.69, 9.17) is 5.11 Å². The topological polar surface area (TPSA) is 79.2 Å². The van der Waals surface area contributed by atoms with Crippen LogP contribution in [-0.2, 0) is 6.54 Å². The molecular weight excluding hydrogens is 252 g/mol. The van der Waals surface area contributed by atoms with Crippen molar-refractivity contribution in [3.8, 4) is 0 Å². The lowest BCUT2D eigenvalue weighted by atomic mass is 10.4. The number of anilines is 1. The average Bonchev–Trinajstić information content (AvgIpc) is 2.75. The Morgan fingerprint density at radius 3 is 2.61 bits per heavy atom. The zero-order valence-corrected chi connectivity index (χ0v) is 10.8. The normalized spacial score (nSPS) is 10.3. The summed E-state index contributed by atoms with van der Waals surface area (Å²) in [5.74, 6) is -0.444. The number of thiazole rings is 1. The Bertz CT molecular complexity index is 552. The van der Waals surface area contributed by atoms with Gasteiger partial charge in [-0.2, -0.15) is 0 Å². The fraction of sp³-hybridized carbons (Fsp3) is 0.273. The third kappa shape index (κ3) is 2.80. The molecule has 0 saturated carbocycles. The number of carboxylic acid groups (broad SMARTS) is 1. The quantitative estimate of drug-likeness (QED) is 0.903. The first kappa shape index (κ1) is 12.4. The van der Waals surface area contributed by atoms with Crippen LogP contribution in [0.2, 0.25) is 0 Å². The second-order valence-corrected chi connectivity index (χ2v) is 5.09. The molecule has 0 aliphatic heterocycles. The van der Waals surface area contributed by atoms with E-state index in [0.717, 1.165) is 9.88 Å². The molecule has 0 fully saturated rings. The number of rotatable bonds is 4. The van der Waals surface area contributed by atoms with Crippen LogP contribution in [0.5, 0.6) is 0 Å². The van der Waals surface area contributed by atoms with Crippen molar-refractivity contribution in [2.24, 2.45) is 0 Å². The van der Waals surface area contributed by atoms with Crippen LogP contribution in [0.1, 0.15) is 20.4 Å². The van der Waals surface area contributed by atoms with E-state index >= 15 is 0 Å². The Hall–Kier alpha value is -2.02. The molecule has 0 aromatic carbocycles. The smallest absolute Gasteiger partial charge is 0.356 e. The summed E-state index contributed by atoms with van der Waals surface area (Å²) >= 11 is 1.62. The number of hydrogen-bond acceptors (Lipinski definition) is 6. The molecule has 2 rings (SSSR count). The van der Waals surface area contributed by atoms with Gasteiger partial charge in [-0.05, 0) is 6.92 Å². The SMILES string of the molecule is Cc1ncc(CN(C)c2cnc(C(=O)O)cn2)s1. The summed E-state index contributed by atoms with van der Waals surface area (Å²) in [4.78, 5) is 25.8. The van der Waals surface area contributed by atoms with E-state index in [9.17, 15) is 4.79 Å². The molecule has 7 heteroatoms. The maximum atomic E-state index is 10.7. The highest BCUT2D eigenvalue weighted by Gasteiger charge is 2.09. The van der Waals surface area contributed by atoms with Crippen LogP contribution in [0.15, 0.2) is 18.6 Å². The molecule has 0 unspecified atom stereocenters. The Balaban J connectivity index is 2.09. The monoisotopic (exact) mass is 264 g/mol. The molecule has 0 saturated heterocycles. The Labute approximate surface area is 108 Å².